The number of hydrogen-bond donors (Lipinski definition) is 2. The average molecular weight is 345 g/mol. The highest BCUT2D eigenvalue weighted by Gasteiger charge is 2.12. The number of H-pyrrole nitrogens is 1. The third-order valence-electron chi connectivity index (χ3n) is 3.23. The molecular formula is C16H13BrN2O2. The van der Waals surface area contributed by atoms with Gasteiger partial charge >= 0.3 is 0 Å². The summed E-state index contributed by atoms with van der Waals surface area (Å²) in [6.07, 6.45) is 1.87. The highest BCUT2D eigenvalue weighted by atomic mass is 79.9. The molecule has 106 valence electrons. The van der Waals surface area contributed by atoms with E-state index in [9.17, 15) is 4.79 Å². The van der Waals surface area contributed by atoms with Crippen LogP contribution in [0.2, 0.25) is 0 Å². The molecule has 3 rings (SSSR count). The van der Waals surface area contributed by atoms with Gasteiger partial charge in [-0.2, -0.15) is 0 Å². The van der Waals surface area contributed by atoms with Crippen molar-refractivity contribution in [1.29, 1.82) is 0 Å². The molecule has 1 aromatic heterocycles. The van der Waals surface area contributed by atoms with E-state index in [4.69, 9.17) is 4.74 Å². The molecule has 2 N–H and O–H groups in total. The Hall–Kier alpha value is -2.27. The predicted molar refractivity (Wildman–Crippen MR) is 86.9 cm³/mol. The summed E-state index contributed by atoms with van der Waals surface area (Å²) in [6.45, 7) is 0. The molecule has 0 bridgehead atoms. The number of carbonyl (C=O) groups is 1. The summed E-state index contributed by atoms with van der Waals surface area (Å²) < 4.78 is 5.88. The summed E-state index contributed by atoms with van der Waals surface area (Å²) in [7, 11) is 1.57. The fourth-order valence-electron chi connectivity index (χ4n) is 2.13. The molecule has 4 nitrogen and oxygen atoms in total. The Morgan fingerprint density at radius 1 is 1.19 bits per heavy atom. The molecular weight excluding hydrogens is 332 g/mol. The summed E-state index contributed by atoms with van der Waals surface area (Å²) >= 11 is 3.39. The van der Waals surface area contributed by atoms with Crippen molar-refractivity contribution in [2.45, 2.75) is 0 Å². The number of amides is 1. The van der Waals surface area contributed by atoms with Gasteiger partial charge in [-0.05, 0) is 58.4 Å². The molecule has 3 aromatic rings. The number of nitrogens with one attached hydrogen (secondary N) is 2. The number of carbonyl (C=O) groups excluding carboxylic acids is 1. The van der Waals surface area contributed by atoms with Gasteiger partial charge in [0, 0.05) is 27.3 Å². The highest BCUT2D eigenvalue weighted by molar-refractivity contribution is 9.10. The van der Waals surface area contributed by atoms with E-state index in [1.54, 1.807) is 25.3 Å². The van der Waals surface area contributed by atoms with Gasteiger partial charge in [0.1, 0.15) is 5.75 Å². The van der Waals surface area contributed by atoms with E-state index in [0.717, 1.165) is 21.1 Å². The van der Waals surface area contributed by atoms with Gasteiger partial charge in [-0.3, -0.25) is 4.79 Å². The van der Waals surface area contributed by atoms with Crippen LogP contribution in [0.15, 0.2) is 53.1 Å². The lowest BCUT2D eigenvalue weighted by atomic mass is 10.2. The number of halogens is 1. The SMILES string of the molecule is COc1ccc(Br)c(C(=O)Nc2ccc3[nH]ccc3c2)c1. The van der Waals surface area contributed by atoms with Crippen molar-refractivity contribution >= 4 is 38.4 Å². The van der Waals surface area contributed by atoms with Crippen LogP contribution in [-0.4, -0.2) is 18.0 Å². The molecule has 0 fully saturated rings. The molecule has 1 amide bonds. The summed E-state index contributed by atoms with van der Waals surface area (Å²) in [5.74, 6) is 0.458. The van der Waals surface area contributed by atoms with E-state index in [1.165, 1.54) is 0 Å². The van der Waals surface area contributed by atoms with Crippen LogP contribution in [-0.2, 0) is 0 Å². The number of hydrogen-bond acceptors (Lipinski definition) is 2. The molecule has 5 heteroatoms. The first kappa shape index (κ1) is 13.7. The van der Waals surface area contributed by atoms with E-state index in [-0.39, 0.29) is 5.91 Å². The minimum absolute atomic E-state index is 0.185. The first-order valence-electron chi connectivity index (χ1n) is 6.39. The van der Waals surface area contributed by atoms with E-state index < -0.39 is 0 Å². The maximum atomic E-state index is 12.4. The number of fused-ring (bicyclic) bond motifs is 1. The van der Waals surface area contributed by atoms with Crippen molar-refractivity contribution in [3.63, 3.8) is 0 Å². The molecule has 1 heterocycles. The zero-order valence-electron chi connectivity index (χ0n) is 11.3. The van der Waals surface area contributed by atoms with Crippen LogP contribution < -0.4 is 10.1 Å². The van der Waals surface area contributed by atoms with E-state index in [2.05, 4.69) is 26.2 Å². The first-order chi connectivity index (χ1) is 10.2. The number of aromatic nitrogens is 1. The Bertz CT molecular complexity index is 811. The van der Waals surface area contributed by atoms with Gasteiger partial charge < -0.3 is 15.0 Å². The van der Waals surface area contributed by atoms with Crippen LogP contribution in [0, 0.1) is 0 Å². The molecule has 21 heavy (non-hydrogen) atoms. The van der Waals surface area contributed by atoms with Crippen molar-refractivity contribution in [3.8, 4) is 5.75 Å². The first-order valence-corrected chi connectivity index (χ1v) is 7.19. The van der Waals surface area contributed by atoms with E-state index in [0.29, 0.717) is 11.3 Å². The third kappa shape index (κ3) is 2.78. The molecule has 0 spiro atoms. The normalized spacial score (nSPS) is 10.6. The van der Waals surface area contributed by atoms with Gasteiger partial charge in [-0.1, -0.05) is 0 Å². The number of rotatable bonds is 3. The molecule has 2 aromatic carbocycles. The monoisotopic (exact) mass is 344 g/mol. The van der Waals surface area contributed by atoms with Gasteiger partial charge in [0.2, 0.25) is 0 Å². The smallest absolute Gasteiger partial charge is 0.256 e. The maximum absolute atomic E-state index is 12.4. The number of benzene rings is 2. The van der Waals surface area contributed by atoms with Crippen molar-refractivity contribution in [1.82, 2.24) is 4.98 Å². The summed E-state index contributed by atoms with van der Waals surface area (Å²) in [6, 6.07) is 13.0. The Labute approximate surface area is 130 Å². The third-order valence-corrected chi connectivity index (χ3v) is 3.92. The Morgan fingerprint density at radius 2 is 2.05 bits per heavy atom. The molecule has 0 saturated carbocycles. The minimum Gasteiger partial charge on any atom is -0.497 e. The van der Waals surface area contributed by atoms with Gasteiger partial charge in [0.05, 0.1) is 12.7 Å². The summed E-state index contributed by atoms with van der Waals surface area (Å²) in [4.78, 5) is 15.5. The lowest BCUT2D eigenvalue weighted by Gasteiger charge is -2.09. The lowest BCUT2D eigenvalue weighted by molar-refractivity contribution is 0.102. The largest absolute Gasteiger partial charge is 0.497 e. The van der Waals surface area contributed by atoms with Crippen LogP contribution in [0.5, 0.6) is 5.75 Å². The summed E-state index contributed by atoms with van der Waals surface area (Å²) in [5.41, 5.74) is 2.32. The molecule has 0 aliphatic heterocycles. The van der Waals surface area contributed by atoms with Crippen molar-refractivity contribution < 1.29 is 9.53 Å². The molecule has 0 radical (unpaired) electrons. The fraction of sp³-hybridized carbons (Fsp3) is 0.0625. The zero-order valence-corrected chi connectivity index (χ0v) is 12.9. The van der Waals surface area contributed by atoms with E-state index >= 15 is 0 Å². The van der Waals surface area contributed by atoms with Gasteiger partial charge in [-0.15, -0.1) is 0 Å². The predicted octanol–water partition coefficient (Wildman–Crippen LogP) is 4.19. The standard InChI is InChI=1S/C16H13BrN2O2/c1-21-12-3-4-14(17)13(9-12)16(20)19-11-2-5-15-10(8-11)6-7-18-15/h2-9,18H,1H3,(H,19,20). The second-order valence-electron chi connectivity index (χ2n) is 4.58. The van der Waals surface area contributed by atoms with Crippen LogP contribution >= 0.6 is 15.9 Å². The number of anilines is 1. The Morgan fingerprint density at radius 3 is 2.86 bits per heavy atom. The van der Waals surface area contributed by atoms with Crippen molar-refractivity contribution in [2.24, 2.45) is 0 Å². The fourth-order valence-corrected chi connectivity index (χ4v) is 2.56. The zero-order chi connectivity index (χ0) is 14.8. The number of aromatic amines is 1. The minimum atomic E-state index is -0.185. The maximum Gasteiger partial charge on any atom is 0.256 e. The number of ether oxygens (including phenoxy) is 1. The second kappa shape index (κ2) is 5.61. The van der Waals surface area contributed by atoms with E-state index in [1.807, 2.05) is 30.5 Å². The van der Waals surface area contributed by atoms with Gasteiger partial charge in [-0.25, -0.2) is 0 Å². The topological polar surface area (TPSA) is 54.1 Å². The van der Waals surface area contributed by atoms with Crippen LogP contribution in [0.1, 0.15) is 10.4 Å². The average Bonchev–Trinajstić information content (AvgIpc) is 2.95. The Balaban J connectivity index is 1.88. The van der Waals surface area contributed by atoms with Crippen LogP contribution in [0.4, 0.5) is 5.69 Å². The molecule has 0 aliphatic rings. The molecule has 0 saturated heterocycles. The lowest BCUT2D eigenvalue weighted by Crippen LogP contribution is -2.12. The van der Waals surface area contributed by atoms with Crippen LogP contribution in [0.25, 0.3) is 10.9 Å². The van der Waals surface area contributed by atoms with Gasteiger partial charge in [0.25, 0.3) is 5.91 Å². The molecule has 0 atom stereocenters. The van der Waals surface area contributed by atoms with Gasteiger partial charge in [0.15, 0.2) is 0 Å². The second-order valence-corrected chi connectivity index (χ2v) is 5.43. The molecule has 0 aliphatic carbocycles. The highest BCUT2D eigenvalue weighted by Crippen LogP contribution is 2.24. The molecule has 0 unspecified atom stereocenters. The number of methoxy groups -OCH3 is 1. The van der Waals surface area contributed by atoms with Crippen molar-refractivity contribution in [3.05, 3.63) is 58.7 Å². The quantitative estimate of drug-likeness (QED) is 0.748. The Kier molecular flexibility index (Phi) is 3.66. The van der Waals surface area contributed by atoms with Crippen molar-refractivity contribution in [2.75, 3.05) is 12.4 Å². The summed E-state index contributed by atoms with van der Waals surface area (Å²) in [5, 5.41) is 3.95. The van der Waals surface area contributed by atoms with Crippen LogP contribution in [0.3, 0.4) is 0 Å².